The number of phenols is 1. The maximum Gasteiger partial charge on any atom is 0.328 e. The number of rotatable bonds is 8. The minimum Gasteiger partial charge on any atom is -0.504 e. The van der Waals surface area contributed by atoms with Crippen molar-refractivity contribution in [3.63, 3.8) is 0 Å². The first-order chi connectivity index (χ1) is 14.1. The Morgan fingerprint density at radius 3 is 2.38 bits per heavy atom. The van der Waals surface area contributed by atoms with Crippen LogP contribution in [-0.4, -0.2) is 16.2 Å². The van der Waals surface area contributed by atoms with Gasteiger partial charge in [-0.15, -0.1) is 0 Å². The number of benzene rings is 3. The predicted molar refractivity (Wildman–Crippen MR) is 115 cm³/mol. The highest BCUT2D eigenvalue weighted by Gasteiger charge is 2.07. The molecule has 0 aliphatic carbocycles. The van der Waals surface area contributed by atoms with Crippen LogP contribution in [0.1, 0.15) is 22.3 Å². The molecular formula is C25H22O4. The summed E-state index contributed by atoms with van der Waals surface area (Å²) in [5, 5.41) is 19.1. The van der Waals surface area contributed by atoms with Gasteiger partial charge in [-0.3, -0.25) is 0 Å². The molecular weight excluding hydrogens is 364 g/mol. The summed E-state index contributed by atoms with van der Waals surface area (Å²) in [5.41, 5.74) is 3.66. The fraction of sp³-hybridized carbons (Fsp3) is 0.0800. The van der Waals surface area contributed by atoms with Gasteiger partial charge in [-0.25, -0.2) is 4.79 Å². The van der Waals surface area contributed by atoms with Crippen LogP contribution in [0.25, 0.3) is 12.2 Å². The van der Waals surface area contributed by atoms with Gasteiger partial charge < -0.3 is 14.9 Å². The minimum absolute atomic E-state index is 0.0906. The predicted octanol–water partition coefficient (Wildman–Crippen LogP) is 5.32. The molecule has 0 aliphatic rings. The van der Waals surface area contributed by atoms with Crippen LogP contribution in [0.5, 0.6) is 11.5 Å². The fourth-order valence-electron chi connectivity index (χ4n) is 2.92. The molecule has 29 heavy (non-hydrogen) atoms. The largest absolute Gasteiger partial charge is 0.504 e. The van der Waals surface area contributed by atoms with Gasteiger partial charge in [-0.05, 0) is 35.3 Å². The van der Waals surface area contributed by atoms with E-state index in [4.69, 9.17) is 9.84 Å². The first kappa shape index (κ1) is 20.0. The molecule has 0 saturated heterocycles. The summed E-state index contributed by atoms with van der Waals surface area (Å²) in [7, 11) is 0. The summed E-state index contributed by atoms with van der Waals surface area (Å²) in [4.78, 5) is 10.8. The van der Waals surface area contributed by atoms with Crippen molar-refractivity contribution in [2.24, 2.45) is 0 Å². The zero-order valence-corrected chi connectivity index (χ0v) is 15.9. The van der Waals surface area contributed by atoms with E-state index in [1.807, 2.05) is 72.8 Å². The van der Waals surface area contributed by atoms with Gasteiger partial charge in [-0.2, -0.15) is 0 Å². The van der Waals surface area contributed by atoms with Crippen molar-refractivity contribution < 1.29 is 19.7 Å². The molecule has 0 aromatic heterocycles. The van der Waals surface area contributed by atoms with Gasteiger partial charge in [0.15, 0.2) is 11.5 Å². The first-order valence-corrected chi connectivity index (χ1v) is 9.27. The Balaban J connectivity index is 1.75. The number of phenolic OH excluding ortho intramolecular Hbond substituents is 1. The Labute approximate surface area is 170 Å². The van der Waals surface area contributed by atoms with E-state index in [9.17, 15) is 9.90 Å². The molecule has 0 atom stereocenters. The second kappa shape index (κ2) is 9.95. The van der Waals surface area contributed by atoms with Gasteiger partial charge in [0.2, 0.25) is 0 Å². The van der Waals surface area contributed by atoms with Gasteiger partial charge in [0.1, 0.15) is 6.61 Å². The first-order valence-electron chi connectivity index (χ1n) is 9.27. The molecule has 3 aromatic rings. The van der Waals surface area contributed by atoms with Crippen LogP contribution in [0.2, 0.25) is 0 Å². The van der Waals surface area contributed by atoms with Crippen LogP contribution >= 0.6 is 0 Å². The quantitative estimate of drug-likeness (QED) is 0.514. The molecule has 3 rings (SSSR count). The zero-order chi connectivity index (χ0) is 20.5. The van der Waals surface area contributed by atoms with E-state index >= 15 is 0 Å². The van der Waals surface area contributed by atoms with E-state index in [2.05, 4.69) is 0 Å². The van der Waals surface area contributed by atoms with Crippen molar-refractivity contribution in [3.8, 4) is 11.5 Å². The summed E-state index contributed by atoms with van der Waals surface area (Å²) < 4.78 is 5.87. The van der Waals surface area contributed by atoms with Crippen molar-refractivity contribution in [2.45, 2.75) is 13.0 Å². The summed E-state index contributed by atoms with van der Waals surface area (Å²) in [5.74, 6) is -0.449. The Morgan fingerprint density at radius 2 is 1.59 bits per heavy atom. The molecule has 0 aliphatic heterocycles. The monoisotopic (exact) mass is 386 g/mol. The number of carboxylic acid groups (broad SMARTS) is 1. The topological polar surface area (TPSA) is 66.8 Å². The molecule has 0 heterocycles. The lowest BCUT2D eigenvalue weighted by molar-refractivity contribution is -0.131. The molecule has 2 N–H and O–H groups in total. The van der Waals surface area contributed by atoms with E-state index in [0.29, 0.717) is 18.8 Å². The van der Waals surface area contributed by atoms with Crippen LogP contribution in [0.3, 0.4) is 0 Å². The normalized spacial score (nSPS) is 11.2. The van der Waals surface area contributed by atoms with Crippen LogP contribution in [0.15, 0.2) is 84.9 Å². The van der Waals surface area contributed by atoms with Crippen LogP contribution in [0, 0.1) is 0 Å². The van der Waals surface area contributed by atoms with Gasteiger partial charge in [0.25, 0.3) is 0 Å². The summed E-state index contributed by atoms with van der Waals surface area (Å²) in [6, 6.07) is 22.7. The molecule has 0 bridgehead atoms. The van der Waals surface area contributed by atoms with Crippen LogP contribution in [-0.2, 0) is 17.8 Å². The Morgan fingerprint density at radius 1 is 0.862 bits per heavy atom. The van der Waals surface area contributed by atoms with Crippen molar-refractivity contribution in [2.75, 3.05) is 0 Å². The molecule has 146 valence electrons. The number of ether oxygens (including phenoxy) is 1. The third-order valence-electron chi connectivity index (χ3n) is 4.35. The standard InChI is InChI=1S/C25H22O4/c26-23-15-7-14-22(25(23)29-18-19-8-2-1-3-9-19)13-6-12-20-10-4-5-11-21(20)16-17-24(27)28/h1-11,13-17,26H,12,18H2,(H,27,28). The molecule has 3 aromatic carbocycles. The van der Waals surface area contributed by atoms with Gasteiger partial charge in [0.05, 0.1) is 0 Å². The number of carbonyl (C=O) groups is 1. The molecule has 4 nitrogen and oxygen atoms in total. The fourth-order valence-corrected chi connectivity index (χ4v) is 2.92. The summed E-state index contributed by atoms with van der Waals surface area (Å²) >= 11 is 0. The second-order valence-corrected chi connectivity index (χ2v) is 6.45. The van der Waals surface area contributed by atoms with E-state index in [-0.39, 0.29) is 5.75 Å². The molecule has 4 heteroatoms. The van der Waals surface area contributed by atoms with Crippen molar-refractivity contribution in [1.29, 1.82) is 0 Å². The van der Waals surface area contributed by atoms with E-state index < -0.39 is 5.97 Å². The zero-order valence-electron chi connectivity index (χ0n) is 15.9. The lowest BCUT2D eigenvalue weighted by Crippen LogP contribution is -1.97. The number of para-hydroxylation sites is 1. The van der Waals surface area contributed by atoms with Gasteiger partial charge in [-0.1, -0.05) is 78.9 Å². The third kappa shape index (κ3) is 5.84. The molecule has 0 spiro atoms. The van der Waals surface area contributed by atoms with Gasteiger partial charge >= 0.3 is 5.97 Å². The lowest BCUT2D eigenvalue weighted by atomic mass is 10.0. The number of carboxylic acids is 1. The maximum absolute atomic E-state index is 10.8. The van der Waals surface area contributed by atoms with Crippen molar-refractivity contribution in [3.05, 3.63) is 107 Å². The number of aromatic hydroxyl groups is 1. The molecule has 0 radical (unpaired) electrons. The Hall–Kier alpha value is -3.79. The molecule has 0 unspecified atom stereocenters. The van der Waals surface area contributed by atoms with Crippen molar-refractivity contribution >= 4 is 18.1 Å². The molecule has 0 fully saturated rings. The SMILES string of the molecule is O=C(O)C=Cc1ccccc1CC=Cc1cccc(O)c1OCc1ccccc1. The van der Waals surface area contributed by atoms with Crippen molar-refractivity contribution in [1.82, 2.24) is 0 Å². The Kier molecular flexibility index (Phi) is 6.85. The average molecular weight is 386 g/mol. The van der Waals surface area contributed by atoms with E-state index in [1.54, 1.807) is 18.2 Å². The molecule has 0 amide bonds. The lowest BCUT2D eigenvalue weighted by Gasteiger charge is -2.11. The van der Waals surface area contributed by atoms with Crippen LogP contribution < -0.4 is 4.74 Å². The average Bonchev–Trinajstić information content (AvgIpc) is 2.73. The van der Waals surface area contributed by atoms with Gasteiger partial charge in [0, 0.05) is 11.6 Å². The summed E-state index contributed by atoms with van der Waals surface area (Å²) in [6.45, 7) is 0.363. The number of hydrogen-bond acceptors (Lipinski definition) is 3. The highest BCUT2D eigenvalue weighted by Crippen LogP contribution is 2.32. The second-order valence-electron chi connectivity index (χ2n) is 6.45. The smallest absolute Gasteiger partial charge is 0.328 e. The third-order valence-corrected chi connectivity index (χ3v) is 4.35. The number of hydrogen-bond donors (Lipinski definition) is 2. The van der Waals surface area contributed by atoms with E-state index in [0.717, 1.165) is 28.3 Å². The number of allylic oxidation sites excluding steroid dienone is 1. The maximum atomic E-state index is 10.8. The minimum atomic E-state index is -0.977. The van der Waals surface area contributed by atoms with E-state index in [1.165, 1.54) is 0 Å². The molecule has 0 saturated carbocycles. The number of aliphatic carboxylic acids is 1. The highest BCUT2D eigenvalue weighted by atomic mass is 16.5. The van der Waals surface area contributed by atoms with Crippen LogP contribution in [0.4, 0.5) is 0 Å². The Bertz CT molecular complexity index is 1020. The summed E-state index contributed by atoms with van der Waals surface area (Å²) in [6.07, 6.45) is 7.21. The highest BCUT2D eigenvalue weighted by molar-refractivity contribution is 5.85.